The molecule has 0 unspecified atom stereocenters. The van der Waals surface area contributed by atoms with Crippen molar-refractivity contribution in [2.45, 2.75) is 38.8 Å². The molecule has 1 fully saturated rings. The zero-order chi connectivity index (χ0) is 19.5. The second-order valence-electron chi connectivity index (χ2n) is 7.54. The SMILES string of the molecule is COc1cc2c(cc1CNC(=O)[C@H]1CC(=O)N(Cc3cccnc3)C1)CCC2. The highest BCUT2D eigenvalue weighted by Gasteiger charge is 2.34. The molecule has 4 rings (SSSR count). The first-order valence-corrected chi connectivity index (χ1v) is 9.77. The molecule has 1 atom stereocenters. The fraction of sp³-hybridized carbons (Fsp3) is 0.409. The van der Waals surface area contributed by atoms with Crippen LogP contribution in [0.3, 0.4) is 0 Å². The number of amides is 2. The second-order valence-corrected chi connectivity index (χ2v) is 7.54. The van der Waals surface area contributed by atoms with E-state index in [4.69, 9.17) is 4.74 Å². The molecule has 1 aliphatic carbocycles. The van der Waals surface area contributed by atoms with Crippen molar-refractivity contribution >= 4 is 11.8 Å². The van der Waals surface area contributed by atoms with Crippen molar-refractivity contribution in [3.05, 3.63) is 58.9 Å². The summed E-state index contributed by atoms with van der Waals surface area (Å²) in [6.07, 6.45) is 7.06. The molecular weight excluding hydrogens is 354 g/mol. The Morgan fingerprint density at radius 1 is 1.32 bits per heavy atom. The number of likely N-dealkylation sites (tertiary alicyclic amines) is 1. The van der Waals surface area contributed by atoms with Crippen molar-refractivity contribution < 1.29 is 14.3 Å². The molecule has 0 spiro atoms. The van der Waals surface area contributed by atoms with Crippen LogP contribution in [0.5, 0.6) is 5.75 Å². The van der Waals surface area contributed by atoms with Gasteiger partial charge in [0.15, 0.2) is 0 Å². The third-order valence-electron chi connectivity index (χ3n) is 5.63. The Morgan fingerprint density at radius 2 is 2.14 bits per heavy atom. The largest absolute Gasteiger partial charge is 0.496 e. The zero-order valence-electron chi connectivity index (χ0n) is 16.1. The Kier molecular flexibility index (Phi) is 5.28. The number of methoxy groups -OCH3 is 1. The zero-order valence-corrected chi connectivity index (χ0v) is 16.1. The summed E-state index contributed by atoms with van der Waals surface area (Å²) in [6.45, 7) is 1.36. The number of nitrogens with zero attached hydrogens (tertiary/aromatic N) is 2. The molecule has 6 heteroatoms. The Morgan fingerprint density at radius 3 is 2.89 bits per heavy atom. The number of nitrogens with one attached hydrogen (secondary N) is 1. The average Bonchev–Trinajstić information content (AvgIpc) is 3.32. The standard InChI is InChI=1S/C22H25N3O3/c1-28-20-9-17-6-2-5-16(17)8-18(20)12-24-22(27)19-10-21(26)25(14-19)13-15-4-3-7-23-11-15/h3-4,7-9,11,19H,2,5-6,10,12-14H2,1H3,(H,24,27)/t19-/m0/s1. The van der Waals surface area contributed by atoms with Crippen molar-refractivity contribution in [3.63, 3.8) is 0 Å². The predicted molar refractivity (Wildman–Crippen MR) is 105 cm³/mol. The highest BCUT2D eigenvalue weighted by atomic mass is 16.5. The minimum absolute atomic E-state index is 0.0131. The molecule has 146 valence electrons. The predicted octanol–water partition coefficient (Wildman–Crippen LogP) is 2.24. The van der Waals surface area contributed by atoms with Crippen LogP contribution in [-0.2, 0) is 35.5 Å². The van der Waals surface area contributed by atoms with Gasteiger partial charge in [0.1, 0.15) is 5.75 Å². The second kappa shape index (κ2) is 8.00. The Hall–Kier alpha value is -2.89. The van der Waals surface area contributed by atoms with E-state index in [1.54, 1.807) is 24.4 Å². The number of aryl methyl sites for hydroxylation is 2. The molecule has 0 bridgehead atoms. The summed E-state index contributed by atoms with van der Waals surface area (Å²) >= 11 is 0. The summed E-state index contributed by atoms with van der Waals surface area (Å²) in [6, 6.07) is 8.03. The third kappa shape index (κ3) is 3.86. The van der Waals surface area contributed by atoms with Crippen molar-refractivity contribution in [2.24, 2.45) is 5.92 Å². The number of fused-ring (bicyclic) bond motifs is 1. The lowest BCUT2D eigenvalue weighted by molar-refractivity contribution is -0.129. The van der Waals surface area contributed by atoms with Crippen molar-refractivity contribution in [1.29, 1.82) is 0 Å². The normalized spacial score (nSPS) is 18.2. The minimum atomic E-state index is -0.315. The molecular formula is C22H25N3O3. The summed E-state index contributed by atoms with van der Waals surface area (Å²) < 4.78 is 5.51. The van der Waals surface area contributed by atoms with Crippen LogP contribution in [0.4, 0.5) is 0 Å². The smallest absolute Gasteiger partial charge is 0.225 e. The van der Waals surface area contributed by atoms with Crippen LogP contribution in [-0.4, -0.2) is 35.4 Å². The van der Waals surface area contributed by atoms with Gasteiger partial charge >= 0.3 is 0 Å². The lowest BCUT2D eigenvalue weighted by Crippen LogP contribution is -2.32. The summed E-state index contributed by atoms with van der Waals surface area (Å²) in [5.41, 5.74) is 4.66. The lowest BCUT2D eigenvalue weighted by Gasteiger charge is -2.17. The van der Waals surface area contributed by atoms with Gasteiger partial charge < -0.3 is 15.0 Å². The van der Waals surface area contributed by atoms with E-state index in [0.717, 1.165) is 29.7 Å². The third-order valence-corrected chi connectivity index (χ3v) is 5.63. The first kappa shape index (κ1) is 18.5. The number of ether oxygens (including phenoxy) is 1. The summed E-state index contributed by atoms with van der Waals surface area (Å²) in [4.78, 5) is 30.8. The van der Waals surface area contributed by atoms with Gasteiger partial charge in [-0.1, -0.05) is 12.1 Å². The van der Waals surface area contributed by atoms with Gasteiger partial charge in [-0.25, -0.2) is 0 Å². The maximum Gasteiger partial charge on any atom is 0.225 e. The van der Waals surface area contributed by atoms with Gasteiger partial charge in [-0.05, 0) is 48.1 Å². The Balaban J connectivity index is 1.36. The topological polar surface area (TPSA) is 71.5 Å². The number of rotatable bonds is 6. The van der Waals surface area contributed by atoms with Crippen molar-refractivity contribution in [1.82, 2.24) is 15.2 Å². The van der Waals surface area contributed by atoms with Gasteiger partial charge in [0.25, 0.3) is 0 Å². The van der Waals surface area contributed by atoms with Crippen LogP contribution in [0.2, 0.25) is 0 Å². The van der Waals surface area contributed by atoms with Gasteiger partial charge in [0.2, 0.25) is 11.8 Å². The Labute approximate surface area is 164 Å². The molecule has 1 aromatic heterocycles. The number of hydrogen-bond acceptors (Lipinski definition) is 4. The van der Waals surface area contributed by atoms with Gasteiger partial charge in [0, 0.05) is 44.0 Å². The van der Waals surface area contributed by atoms with E-state index in [0.29, 0.717) is 19.6 Å². The number of carbonyl (C=O) groups excluding carboxylic acids is 2. The molecule has 1 aromatic carbocycles. The van der Waals surface area contributed by atoms with Crippen LogP contribution in [0.15, 0.2) is 36.7 Å². The maximum atomic E-state index is 12.7. The van der Waals surface area contributed by atoms with E-state index in [9.17, 15) is 9.59 Å². The van der Waals surface area contributed by atoms with E-state index in [1.807, 2.05) is 12.1 Å². The van der Waals surface area contributed by atoms with E-state index < -0.39 is 0 Å². The number of carbonyl (C=O) groups is 2. The van der Waals surface area contributed by atoms with E-state index in [1.165, 1.54) is 17.5 Å². The number of hydrogen-bond donors (Lipinski definition) is 1. The van der Waals surface area contributed by atoms with Crippen LogP contribution in [0, 0.1) is 5.92 Å². The maximum absolute atomic E-state index is 12.7. The summed E-state index contributed by atoms with van der Waals surface area (Å²) in [7, 11) is 1.66. The van der Waals surface area contributed by atoms with Crippen LogP contribution >= 0.6 is 0 Å². The van der Waals surface area contributed by atoms with Crippen molar-refractivity contribution in [2.75, 3.05) is 13.7 Å². The monoisotopic (exact) mass is 379 g/mol. The van der Waals surface area contributed by atoms with Gasteiger partial charge in [0.05, 0.1) is 13.0 Å². The average molecular weight is 379 g/mol. The van der Waals surface area contributed by atoms with Gasteiger partial charge in [-0.15, -0.1) is 0 Å². The van der Waals surface area contributed by atoms with Gasteiger partial charge in [-0.2, -0.15) is 0 Å². The minimum Gasteiger partial charge on any atom is -0.496 e. The number of benzene rings is 1. The van der Waals surface area contributed by atoms with E-state index in [-0.39, 0.29) is 24.2 Å². The molecule has 2 aromatic rings. The number of aromatic nitrogens is 1. The van der Waals surface area contributed by atoms with E-state index in [2.05, 4.69) is 22.4 Å². The molecule has 6 nitrogen and oxygen atoms in total. The summed E-state index contributed by atoms with van der Waals surface area (Å²) in [5.74, 6) is 0.440. The fourth-order valence-electron chi connectivity index (χ4n) is 4.12. The number of pyridine rings is 1. The van der Waals surface area contributed by atoms with Crippen LogP contribution in [0.25, 0.3) is 0 Å². The highest BCUT2D eigenvalue weighted by Crippen LogP contribution is 2.30. The first-order chi connectivity index (χ1) is 13.6. The Bertz CT molecular complexity index is 882. The molecule has 0 saturated carbocycles. The molecule has 1 saturated heterocycles. The highest BCUT2D eigenvalue weighted by molar-refractivity contribution is 5.89. The van der Waals surface area contributed by atoms with E-state index >= 15 is 0 Å². The molecule has 0 radical (unpaired) electrons. The van der Waals surface area contributed by atoms with Gasteiger partial charge in [-0.3, -0.25) is 14.6 Å². The van der Waals surface area contributed by atoms with Crippen LogP contribution in [0.1, 0.15) is 35.1 Å². The molecule has 1 N–H and O–H groups in total. The first-order valence-electron chi connectivity index (χ1n) is 9.77. The molecule has 28 heavy (non-hydrogen) atoms. The molecule has 2 aliphatic rings. The van der Waals surface area contributed by atoms with Crippen molar-refractivity contribution in [3.8, 4) is 5.75 Å². The fourth-order valence-corrected chi connectivity index (χ4v) is 4.12. The summed E-state index contributed by atoms with van der Waals surface area (Å²) in [5, 5.41) is 3.00. The molecule has 1 aliphatic heterocycles. The molecule has 2 heterocycles. The lowest BCUT2D eigenvalue weighted by atomic mass is 10.0. The molecule has 2 amide bonds. The quantitative estimate of drug-likeness (QED) is 0.836. The van der Waals surface area contributed by atoms with Crippen LogP contribution < -0.4 is 10.1 Å².